The summed E-state index contributed by atoms with van der Waals surface area (Å²) in [4.78, 5) is 12.2. The first kappa shape index (κ1) is 24.5. The highest BCUT2D eigenvalue weighted by molar-refractivity contribution is 5.72. The Bertz CT molecular complexity index is 521. The van der Waals surface area contributed by atoms with Crippen molar-refractivity contribution >= 4 is 5.97 Å². The smallest absolute Gasteiger partial charge is 0.311 e. The van der Waals surface area contributed by atoms with Crippen LogP contribution < -0.4 is 4.74 Å². The van der Waals surface area contributed by atoms with Crippen LogP contribution in [-0.4, -0.2) is 5.97 Å². The van der Waals surface area contributed by atoms with E-state index in [9.17, 15) is 4.79 Å². The third kappa shape index (κ3) is 12.8. The van der Waals surface area contributed by atoms with E-state index in [1.165, 1.54) is 76.2 Å². The summed E-state index contributed by atoms with van der Waals surface area (Å²) in [6, 6.07) is 8.03. The molecule has 2 nitrogen and oxygen atoms in total. The summed E-state index contributed by atoms with van der Waals surface area (Å²) < 4.78 is 5.66. The minimum Gasteiger partial charge on any atom is -0.426 e. The summed E-state index contributed by atoms with van der Waals surface area (Å²) in [5.74, 6) is 0.685. The Labute approximate surface area is 173 Å². The number of allylic oxidation sites excluding steroid dienone is 1. The van der Waals surface area contributed by atoms with E-state index in [0.717, 1.165) is 31.4 Å². The van der Waals surface area contributed by atoms with E-state index in [1.54, 1.807) is 0 Å². The number of rotatable bonds is 18. The number of ether oxygens (including phenoxy) is 1. The van der Waals surface area contributed by atoms with E-state index in [1.807, 2.05) is 24.3 Å². The Morgan fingerprint density at radius 1 is 0.857 bits per heavy atom. The van der Waals surface area contributed by atoms with Crippen LogP contribution in [0.3, 0.4) is 0 Å². The van der Waals surface area contributed by atoms with Gasteiger partial charge in [-0.1, -0.05) is 95.4 Å². The number of hydrogen-bond acceptors (Lipinski definition) is 2. The molecule has 0 radical (unpaired) electrons. The predicted octanol–water partition coefficient (Wildman–Crippen LogP) is 8.19. The number of hydrogen-bond donors (Lipinski definition) is 0. The van der Waals surface area contributed by atoms with Crippen LogP contribution in [-0.2, 0) is 11.2 Å². The molecule has 0 aliphatic heterocycles. The van der Waals surface area contributed by atoms with E-state index in [-0.39, 0.29) is 5.97 Å². The maximum Gasteiger partial charge on any atom is 0.311 e. The first-order valence-electron chi connectivity index (χ1n) is 11.7. The van der Waals surface area contributed by atoms with E-state index in [2.05, 4.69) is 19.6 Å². The molecular formula is C26H42O2. The van der Waals surface area contributed by atoms with Crippen LogP contribution in [0.4, 0.5) is 0 Å². The van der Waals surface area contributed by atoms with Crippen molar-refractivity contribution in [2.45, 2.75) is 110 Å². The summed E-state index contributed by atoms with van der Waals surface area (Å²) in [7, 11) is 0. The van der Waals surface area contributed by atoms with Crippen molar-refractivity contribution in [3.05, 3.63) is 42.5 Å². The van der Waals surface area contributed by atoms with Gasteiger partial charge >= 0.3 is 5.97 Å². The van der Waals surface area contributed by atoms with Gasteiger partial charge in [0.05, 0.1) is 0 Å². The van der Waals surface area contributed by atoms with Gasteiger partial charge < -0.3 is 4.74 Å². The lowest BCUT2D eigenvalue weighted by Gasteiger charge is -2.10. The molecule has 0 heterocycles. The Hall–Kier alpha value is -1.57. The summed E-state index contributed by atoms with van der Waals surface area (Å²) in [6.45, 7) is 6.00. The molecule has 2 heteroatoms. The van der Waals surface area contributed by atoms with Gasteiger partial charge in [-0.15, -0.1) is 6.58 Å². The minimum atomic E-state index is -0.0821. The monoisotopic (exact) mass is 386 g/mol. The quantitative estimate of drug-likeness (QED) is 0.110. The van der Waals surface area contributed by atoms with E-state index in [0.29, 0.717) is 6.42 Å². The molecule has 0 amide bonds. The van der Waals surface area contributed by atoms with E-state index in [4.69, 9.17) is 4.74 Å². The summed E-state index contributed by atoms with van der Waals surface area (Å²) in [6.07, 6.45) is 20.8. The number of carbonyl (C=O) groups excluding carboxylic acids is 1. The maximum atomic E-state index is 12.2. The molecule has 0 unspecified atom stereocenters. The zero-order valence-electron chi connectivity index (χ0n) is 18.2. The Kier molecular flexibility index (Phi) is 15.3. The Morgan fingerprint density at radius 3 is 2.18 bits per heavy atom. The standard InChI is InChI=1S/C26H42O2/c1-3-5-7-9-11-12-13-15-17-23-26(27)28-25-22-19-18-21-24(25)20-16-14-10-8-6-4-2/h3,18-19,21-22H,1,4-17,20,23H2,2H3. The van der Waals surface area contributed by atoms with Crippen molar-refractivity contribution < 1.29 is 9.53 Å². The predicted molar refractivity (Wildman–Crippen MR) is 121 cm³/mol. The number of benzene rings is 1. The van der Waals surface area contributed by atoms with Crippen molar-refractivity contribution in [1.29, 1.82) is 0 Å². The first-order chi connectivity index (χ1) is 13.8. The molecule has 1 rings (SSSR count). The molecule has 0 saturated heterocycles. The van der Waals surface area contributed by atoms with Crippen LogP contribution in [0, 0.1) is 0 Å². The average Bonchev–Trinajstić information content (AvgIpc) is 2.70. The maximum absolute atomic E-state index is 12.2. The summed E-state index contributed by atoms with van der Waals surface area (Å²) in [5.41, 5.74) is 1.17. The third-order valence-electron chi connectivity index (χ3n) is 5.29. The molecule has 1 aromatic carbocycles. The number of unbranched alkanes of at least 4 members (excludes halogenated alkanes) is 12. The van der Waals surface area contributed by atoms with Gasteiger partial charge in [0.2, 0.25) is 0 Å². The molecule has 158 valence electrons. The molecule has 28 heavy (non-hydrogen) atoms. The fraction of sp³-hybridized carbons (Fsp3) is 0.654. The van der Waals surface area contributed by atoms with Gasteiger partial charge in [0.1, 0.15) is 5.75 Å². The van der Waals surface area contributed by atoms with Crippen molar-refractivity contribution in [3.8, 4) is 5.75 Å². The van der Waals surface area contributed by atoms with Gasteiger partial charge in [-0.05, 0) is 43.7 Å². The molecule has 0 N–H and O–H groups in total. The van der Waals surface area contributed by atoms with Gasteiger partial charge in [0.25, 0.3) is 0 Å². The molecule has 1 aromatic rings. The van der Waals surface area contributed by atoms with E-state index >= 15 is 0 Å². The molecule has 0 aliphatic rings. The van der Waals surface area contributed by atoms with Gasteiger partial charge in [-0.2, -0.15) is 0 Å². The number of para-hydroxylation sites is 1. The molecular weight excluding hydrogens is 344 g/mol. The van der Waals surface area contributed by atoms with Crippen LogP contribution in [0.1, 0.15) is 109 Å². The highest BCUT2D eigenvalue weighted by atomic mass is 16.5. The van der Waals surface area contributed by atoms with Crippen LogP contribution in [0.15, 0.2) is 36.9 Å². The third-order valence-corrected chi connectivity index (χ3v) is 5.29. The fourth-order valence-electron chi connectivity index (χ4n) is 3.52. The summed E-state index contributed by atoms with van der Waals surface area (Å²) >= 11 is 0. The average molecular weight is 387 g/mol. The fourth-order valence-corrected chi connectivity index (χ4v) is 3.52. The lowest BCUT2D eigenvalue weighted by atomic mass is 10.0. The minimum absolute atomic E-state index is 0.0821. The normalized spacial score (nSPS) is 10.8. The first-order valence-corrected chi connectivity index (χ1v) is 11.7. The zero-order valence-corrected chi connectivity index (χ0v) is 18.2. The zero-order chi connectivity index (χ0) is 20.3. The Morgan fingerprint density at radius 2 is 1.46 bits per heavy atom. The molecule has 0 bridgehead atoms. The SMILES string of the molecule is C=CCCCCCCCCCC(=O)Oc1ccccc1CCCCCCCC. The molecule has 0 spiro atoms. The molecule has 0 aromatic heterocycles. The Balaban J connectivity index is 2.17. The van der Waals surface area contributed by atoms with Crippen LogP contribution in [0.2, 0.25) is 0 Å². The second kappa shape index (κ2) is 17.5. The number of carbonyl (C=O) groups is 1. The largest absolute Gasteiger partial charge is 0.426 e. The van der Waals surface area contributed by atoms with Crippen LogP contribution in [0.25, 0.3) is 0 Å². The second-order valence-corrected chi connectivity index (χ2v) is 7.90. The molecule has 0 fully saturated rings. The number of esters is 1. The van der Waals surface area contributed by atoms with Crippen molar-refractivity contribution in [2.75, 3.05) is 0 Å². The lowest BCUT2D eigenvalue weighted by Crippen LogP contribution is -2.09. The second-order valence-electron chi connectivity index (χ2n) is 7.90. The van der Waals surface area contributed by atoms with Gasteiger partial charge in [-0.25, -0.2) is 0 Å². The summed E-state index contributed by atoms with van der Waals surface area (Å²) in [5, 5.41) is 0. The van der Waals surface area contributed by atoms with Crippen molar-refractivity contribution in [3.63, 3.8) is 0 Å². The van der Waals surface area contributed by atoms with E-state index < -0.39 is 0 Å². The number of aryl methyl sites for hydroxylation is 1. The molecule has 0 saturated carbocycles. The van der Waals surface area contributed by atoms with Gasteiger partial charge in [0.15, 0.2) is 0 Å². The van der Waals surface area contributed by atoms with Crippen LogP contribution >= 0.6 is 0 Å². The topological polar surface area (TPSA) is 26.3 Å². The lowest BCUT2D eigenvalue weighted by molar-refractivity contribution is -0.134. The molecule has 0 atom stereocenters. The highest BCUT2D eigenvalue weighted by Gasteiger charge is 2.09. The van der Waals surface area contributed by atoms with Crippen molar-refractivity contribution in [2.24, 2.45) is 0 Å². The highest BCUT2D eigenvalue weighted by Crippen LogP contribution is 2.22. The van der Waals surface area contributed by atoms with Gasteiger partial charge in [-0.3, -0.25) is 4.79 Å². The van der Waals surface area contributed by atoms with Crippen molar-refractivity contribution in [1.82, 2.24) is 0 Å². The van der Waals surface area contributed by atoms with Crippen LogP contribution in [0.5, 0.6) is 5.75 Å². The van der Waals surface area contributed by atoms with Gasteiger partial charge in [0, 0.05) is 6.42 Å². The molecule has 0 aliphatic carbocycles.